The average molecular weight is 376 g/mol. The van der Waals surface area contributed by atoms with Crippen LogP contribution in [0.5, 0.6) is 5.75 Å². The Kier molecular flexibility index (Phi) is 6.32. The molecule has 0 aliphatic heterocycles. The van der Waals surface area contributed by atoms with E-state index in [0.29, 0.717) is 11.3 Å². The van der Waals surface area contributed by atoms with Crippen molar-refractivity contribution >= 4 is 11.3 Å². The van der Waals surface area contributed by atoms with Crippen molar-refractivity contribution in [1.82, 2.24) is 0 Å². The highest BCUT2D eigenvalue weighted by Crippen LogP contribution is 2.32. The van der Waals surface area contributed by atoms with E-state index in [1.165, 1.54) is 27.3 Å². The molecule has 0 bridgehead atoms. The molecule has 0 radical (unpaired) electrons. The van der Waals surface area contributed by atoms with Crippen LogP contribution in [0.1, 0.15) is 43.6 Å². The Morgan fingerprint density at radius 3 is 2.81 bits per heavy atom. The van der Waals surface area contributed by atoms with Crippen LogP contribution < -0.4 is 4.74 Å². The van der Waals surface area contributed by atoms with E-state index in [-0.39, 0.29) is 6.10 Å². The predicted octanol–water partition coefficient (Wildman–Crippen LogP) is 6.84. The molecule has 0 spiro atoms. The van der Waals surface area contributed by atoms with Crippen LogP contribution >= 0.6 is 11.3 Å². The standard InChI is InChI=1S/C24H25NOS/c1-17(2)26-23-13-11-20(15-21(23)16-25)24-14-12-22(27-24)10-5-4-8-19-9-6-7-18(19)3/h4-5,8,11-15,17H,3,6-7,9-10H2,1-2H3/b5-4-,19-8-. The van der Waals surface area contributed by atoms with E-state index in [0.717, 1.165) is 24.8 Å². The highest BCUT2D eigenvalue weighted by molar-refractivity contribution is 7.15. The molecule has 1 aromatic carbocycles. The molecular formula is C24H25NOS. The van der Waals surface area contributed by atoms with E-state index in [4.69, 9.17) is 4.74 Å². The number of ether oxygens (including phenoxy) is 1. The number of nitriles is 1. The van der Waals surface area contributed by atoms with Crippen molar-refractivity contribution in [2.75, 3.05) is 0 Å². The van der Waals surface area contributed by atoms with Gasteiger partial charge in [0.05, 0.1) is 11.7 Å². The Morgan fingerprint density at radius 2 is 2.11 bits per heavy atom. The zero-order valence-electron chi connectivity index (χ0n) is 16.0. The Hall–Kier alpha value is -2.57. The third kappa shape index (κ3) is 4.99. The minimum atomic E-state index is 0.0550. The van der Waals surface area contributed by atoms with E-state index in [1.807, 2.05) is 32.0 Å². The predicted molar refractivity (Wildman–Crippen MR) is 114 cm³/mol. The smallest absolute Gasteiger partial charge is 0.137 e. The third-order valence-electron chi connectivity index (χ3n) is 4.54. The molecule has 138 valence electrons. The number of rotatable bonds is 6. The van der Waals surface area contributed by atoms with Crippen molar-refractivity contribution in [3.63, 3.8) is 0 Å². The molecule has 1 fully saturated rings. The Labute approximate surface area is 166 Å². The SMILES string of the molecule is C=C1CCC/C1=C/C=C\Cc1ccc(-c2ccc(OC(C)C)c(C#N)c2)s1. The fourth-order valence-electron chi connectivity index (χ4n) is 3.17. The van der Waals surface area contributed by atoms with Crippen LogP contribution in [0.2, 0.25) is 0 Å². The first-order chi connectivity index (χ1) is 13.1. The summed E-state index contributed by atoms with van der Waals surface area (Å²) in [5, 5.41) is 9.41. The summed E-state index contributed by atoms with van der Waals surface area (Å²) in [5.41, 5.74) is 4.33. The van der Waals surface area contributed by atoms with Gasteiger partial charge in [-0.1, -0.05) is 30.4 Å². The summed E-state index contributed by atoms with van der Waals surface area (Å²) in [6.07, 6.45) is 11.1. The van der Waals surface area contributed by atoms with Crippen molar-refractivity contribution in [2.45, 2.75) is 45.6 Å². The molecule has 27 heavy (non-hydrogen) atoms. The van der Waals surface area contributed by atoms with Crippen LogP contribution in [0.4, 0.5) is 0 Å². The Balaban J connectivity index is 1.68. The van der Waals surface area contributed by atoms with Crippen LogP contribution in [0.3, 0.4) is 0 Å². The van der Waals surface area contributed by atoms with Crippen molar-refractivity contribution in [3.8, 4) is 22.3 Å². The summed E-state index contributed by atoms with van der Waals surface area (Å²) in [7, 11) is 0. The van der Waals surface area contributed by atoms with Gasteiger partial charge in [0.15, 0.2) is 0 Å². The lowest BCUT2D eigenvalue weighted by Gasteiger charge is -2.11. The quantitative estimate of drug-likeness (QED) is 0.554. The summed E-state index contributed by atoms with van der Waals surface area (Å²) in [5.74, 6) is 0.650. The molecule has 0 amide bonds. The number of nitrogens with zero attached hydrogens (tertiary/aromatic N) is 1. The summed E-state index contributed by atoms with van der Waals surface area (Å²) >= 11 is 1.77. The van der Waals surface area contributed by atoms with E-state index in [2.05, 4.69) is 43.0 Å². The molecule has 0 atom stereocenters. The monoisotopic (exact) mass is 375 g/mol. The maximum Gasteiger partial charge on any atom is 0.137 e. The van der Waals surface area contributed by atoms with Crippen molar-refractivity contribution in [2.24, 2.45) is 0 Å². The molecule has 1 aliphatic rings. The number of thiophene rings is 1. The zero-order valence-corrected chi connectivity index (χ0v) is 16.8. The van der Waals surface area contributed by atoms with E-state index < -0.39 is 0 Å². The minimum absolute atomic E-state index is 0.0550. The van der Waals surface area contributed by atoms with Gasteiger partial charge in [-0.05, 0) is 74.6 Å². The van der Waals surface area contributed by atoms with E-state index in [1.54, 1.807) is 11.3 Å². The average Bonchev–Trinajstić information content (AvgIpc) is 3.28. The minimum Gasteiger partial charge on any atom is -0.490 e. The maximum absolute atomic E-state index is 9.41. The van der Waals surface area contributed by atoms with Gasteiger partial charge in [-0.3, -0.25) is 0 Å². The molecule has 2 aromatic rings. The fraction of sp³-hybridized carbons (Fsp3) is 0.292. The number of allylic oxidation sites excluding steroid dienone is 5. The second kappa shape index (κ2) is 8.88. The van der Waals surface area contributed by atoms with Crippen LogP contribution in [-0.4, -0.2) is 6.10 Å². The number of hydrogen-bond donors (Lipinski definition) is 0. The highest BCUT2D eigenvalue weighted by atomic mass is 32.1. The lowest BCUT2D eigenvalue weighted by atomic mass is 10.1. The Morgan fingerprint density at radius 1 is 1.26 bits per heavy atom. The molecule has 2 nitrogen and oxygen atoms in total. The summed E-state index contributed by atoms with van der Waals surface area (Å²) in [6, 6.07) is 12.4. The first-order valence-electron chi connectivity index (χ1n) is 9.40. The topological polar surface area (TPSA) is 33.0 Å². The summed E-state index contributed by atoms with van der Waals surface area (Å²) < 4.78 is 5.71. The van der Waals surface area contributed by atoms with Gasteiger partial charge >= 0.3 is 0 Å². The molecule has 0 unspecified atom stereocenters. The van der Waals surface area contributed by atoms with Crippen LogP contribution in [0.15, 0.2) is 66.3 Å². The Bertz CT molecular complexity index is 924. The van der Waals surface area contributed by atoms with Crippen LogP contribution in [0.25, 0.3) is 10.4 Å². The molecule has 3 rings (SSSR count). The third-order valence-corrected chi connectivity index (χ3v) is 5.70. The van der Waals surface area contributed by atoms with Gasteiger partial charge in [0.1, 0.15) is 11.8 Å². The van der Waals surface area contributed by atoms with Gasteiger partial charge in [0.25, 0.3) is 0 Å². The van der Waals surface area contributed by atoms with Gasteiger partial charge < -0.3 is 4.74 Å². The lowest BCUT2D eigenvalue weighted by molar-refractivity contribution is 0.242. The number of hydrogen-bond acceptors (Lipinski definition) is 3. The van der Waals surface area contributed by atoms with Crippen LogP contribution in [-0.2, 0) is 6.42 Å². The normalized spacial score (nSPS) is 15.8. The van der Waals surface area contributed by atoms with Gasteiger partial charge in [0.2, 0.25) is 0 Å². The van der Waals surface area contributed by atoms with Crippen molar-refractivity contribution in [3.05, 3.63) is 76.7 Å². The lowest BCUT2D eigenvalue weighted by Crippen LogP contribution is -2.06. The molecule has 1 aromatic heterocycles. The largest absolute Gasteiger partial charge is 0.490 e. The second-order valence-electron chi connectivity index (χ2n) is 7.04. The fourth-order valence-corrected chi connectivity index (χ4v) is 4.15. The second-order valence-corrected chi connectivity index (χ2v) is 8.20. The number of benzene rings is 1. The summed E-state index contributed by atoms with van der Waals surface area (Å²) in [4.78, 5) is 2.49. The highest BCUT2D eigenvalue weighted by Gasteiger charge is 2.10. The molecular weight excluding hydrogens is 350 g/mol. The van der Waals surface area contributed by atoms with E-state index >= 15 is 0 Å². The molecule has 1 saturated carbocycles. The molecule has 0 saturated heterocycles. The van der Waals surface area contributed by atoms with Gasteiger partial charge in [-0.15, -0.1) is 11.3 Å². The van der Waals surface area contributed by atoms with Gasteiger partial charge in [0, 0.05) is 16.2 Å². The molecule has 1 heterocycles. The summed E-state index contributed by atoms with van der Waals surface area (Å²) in [6.45, 7) is 8.04. The van der Waals surface area contributed by atoms with Gasteiger partial charge in [-0.2, -0.15) is 5.26 Å². The zero-order chi connectivity index (χ0) is 19.2. The first kappa shape index (κ1) is 19.2. The first-order valence-corrected chi connectivity index (χ1v) is 10.2. The van der Waals surface area contributed by atoms with Crippen molar-refractivity contribution < 1.29 is 4.74 Å². The van der Waals surface area contributed by atoms with Gasteiger partial charge in [-0.25, -0.2) is 0 Å². The molecule has 3 heteroatoms. The van der Waals surface area contributed by atoms with Crippen LogP contribution in [0, 0.1) is 11.3 Å². The van der Waals surface area contributed by atoms with Crippen molar-refractivity contribution in [1.29, 1.82) is 5.26 Å². The van der Waals surface area contributed by atoms with E-state index in [9.17, 15) is 5.26 Å². The molecule has 0 N–H and O–H groups in total. The maximum atomic E-state index is 9.41. The molecule has 1 aliphatic carbocycles.